The molecule has 0 atom stereocenters. The van der Waals surface area contributed by atoms with Crippen molar-refractivity contribution in [1.29, 1.82) is 0 Å². The zero-order valence-corrected chi connectivity index (χ0v) is 13.5. The summed E-state index contributed by atoms with van der Waals surface area (Å²) < 4.78 is 66.9. The highest BCUT2D eigenvalue weighted by atomic mass is 32.2. The second-order valence-electron chi connectivity index (χ2n) is 4.66. The summed E-state index contributed by atoms with van der Waals surface area (Å²) >= 11 is 1.01. The molecule has 0 saturated heterocycles. The number of hydrogen-bond acceptors (Lipinski definition) is 8. The van der Waals surface area contributed by atoms with Gasteiger partial charge in [-0.1, -0.05) is 0 Å². The Kier molecular flexibility index (Phi) is 3.54. The fourth-order valence-corrected chi connectivity index (χ4v) is 4.28. The maximum absolute atomic E-state index is 12.4. The van der Waals surface area contributed by atoms with Crippen LogP contribution in [0.2, 0.25) is 0 Å². The van der Waals surface area contributed by atoms with Crippen LogP contribution in [0, 0.1) is 0 Å². The Balaban J connectivity index is 2.42. The first-order chi connectivity index (χ1) is 10.6. The zero-order valence-electron chi connectivity index (χ0n) is 11.0. The van der Waals surface area contributed by atoms with E-state index in [9.17, 15) is 30.7 Å². The average molecular weight is 370 g/mol. The summed E-state index contributed by atoms with van der Waals surface area (Å²) in [6.07, 6.45) is 0. The smallest absolute Gasteiger partial charge is 0.195 e. The van der Waals surface area contributed by atoms with Gasteiger partial charge < -0.3 is 9.11 Å². The van der Waals surface area contributed by atoms with Crippen molar-refractivity contribution in [2.45, 2.75) is 9.79 Å². The first-order valence-electron chi connectivity index (χ1n) is 6.00. The Morgan fingerprint density at radius 1 is 0.739 bits per heavy atom. The molecule has 2 aromatic carbocycles. The molecule has 3 rings (SSSR count). The standard InChI is InChI=1S/C13H8O7S3/c14-13-9-3-1-8(23(18,19)20)6-12(9)21-11-4-2-7(5-10(11)13)22(15,16)17/h1-6H,(H,15,16,17)(H,18,19,20)/p-2. The Hall–Kier alpha value is -1.85. The van der Waals surface area contributed by atoms with Crippen LogP contribution in [0.4, 0.5) is 0 Å². The number of hydrogen-bond donors (Lipinski definition) is 0. The van der Waals surface area contributed by atoms with E-state index in [0.717, 1.165) is 35.6 Å². The first-order valence-corrected chi connectivity index (χ1v) is 9.63. The molecule has 0 amide bonds. The van der Waals surface area contributed by atoms with Gasteiger partial charge >= 0.3 is 0 Å². The Morgan fingerprint density at radius 2 is 1.30 bits per heavy atom. The average Bonchev–Trinajstić information content (AvgIpc) is 2.44. The van der Waals surface area contributed by atoms with Gasteiger partial charge in [0.2, 0.25) is 0 Å². The van der Waals surface area contributed by atoms with Crippen molar-refractivity contribution >= 4 is 51.7 Å². The van der Waals surface area contributed by atoms with E-state index in [2.05, 4.69) is 0 Å². The van der Waals surface area contributed by atoms with Crippen LogP contribution in [0.1, 0.15) is 0 Å². The van der Waals surface area contributed by atoms with Crippen molar-refractivity contribution in [3.8, 4) is 0 Å². The van der Waals surface area contributed by atoms with Gasteiger partial charge in [0.05, 0.1) is 9.79 Å². The van der Waals surface area contributed by atoms with E-state index in [1.807, 2.05) is 0 Å². The lowest BCUT2D eigenvalue weighted by molar-refractivity contribution is 0.461. The lowest BCUT2D eigenvalue weighted by atomic mass is 10.2. The van der Waals surface area contributed by atoms with Gasteiger partial charge in [0.25, 0.3) is 0 Å². The van der Waals surface area contributed by atoms with Crippen LogP contribution in [-0.4, -0.2) is 25.9 Å². The molecule has 7 nitrogen and oxygen atoms in total. The normalized spacial score (nSPS) is 12.8. The molecule has 3 aromatic rings. The zero-order chi connectivity index (χ0) is 17.0. The van der Waals surface area contributed by atoms with Crippen molar-refractivity contribution < 1.29 is 25.9 Å². The maximum Gasteiger partial charge on any atom is 0.195 e. The third kappa shape index (κ3) is 2.86. The topological polar surface area (TPSA) is 131 Å². The van der Waals surface area contributed by atoms with Crippen LogP contribution in [0.25, 0.3) is 20.2 Å². The van der Waals surface area contributed by atoms with E-state index in [0.29, 0.717) is 4.70 Å². The predicted molar refractivity (Wildman–Crippen MR) is 81.5 cm³/mol. The monoisotopic (exact) mass is 370 g/mol. The molecule has 0 spiro atoms. The van der Waals surface area contributed by atoms with Gasteiger partial charge in [-0.05, 0) is 36.4 Å². The van der Waals surface area contributed by atoms with Crippen LogP contribution >= 0.6 is 11.3 Å². The summed E-state index contributed by atoms with van der Waals surface area (Å²) in [5.74, 6) is 0. The molecular weight excluding hydrogens is 364 g/mol. The molecular formula is C13H6O7S3-2. The van der Waals surface area contributed by atoms with Gasteiger partial charge in [-0.2, -0.15) is 0 Å². The lowest BCUT2D eigenvalue weighted by Crippen LogP contribution is -2.05. The van der Waals surface area contributed by atoms with E-state index in [4.69, 9.17) is 0 Å². The van der Waals surface area contributed by atoms with Crippen LogP contribution in [-0.2, 0) is 20.2 Å². The molecule has 0 fully saturated rings. The molecule has 23 heavy (non-hydrogen) atoms. The molecule has 10 heteroatoms. The van der Waals surface area contributed by atoms with Crippen molar-refractivity contribution in [1.82, 2.24) is 0 Å². The van der Waals surface area contributed by atoms with Crippen LogP contribution < -0.4 is 5.43 Å². The third-order valence-electron chi connectivity index (χ3n) is 3.19. The third-order valence-corrected chi connectivity index (χ3v) is 5.99. The van der Waals surface area contributed by atoms with Crippen LogP contribution in [0.5, 0.6) is 0 Å². The Bertz CT molecular complexity index is 1220. The molecule has 0 radical (unpaired) electrons. The highest BCUT2D eigenvalue weighted by Crippen LogP contribution is 2.28. The minimum absolute atomic E-state index is 0.0390. The van der Waals surface area contributed by atoms with Gasteiger partial charge in [-0.3, -0.25) is 4.79 Å². The second-order valence-corrected chi connectivity index (χ2v) is 8.50. The fraction of sp³-hybridized carbons (Fsp3) is 0. The number of fused-ring (bicyclic) bond motifs is 2. The van der Waals surface area contributed by atoms with Gasteiger partial charge in [-0.25, -0.2) is 16.8 Å². The summed E-state index contributed by atoms with van der Waals surface area (Å²) in [5, 5.41) is 0.174. The van der Waals surface area contributed by atoms with Gasteiger partial charge in [0.15, 0.2) is 5.43 Å². The number of rotatable bonds is 2. The van der Waals surface area contributed by atoms with E-state index >= 15 is 0 Å². The summed E-state index contributed by atoms with van der Waals surface area (Å²) in [4.78, 5) is 11.4. The minimum Gasteiger partial charge on any atom is -0.744 e. The summed E-state index contributed by atoms with van der Waals surface area (Å²) in [6.45, 7) is 0. The first kappa shape index (κ1) is 16.0. The predicted octanol–water partition coefficient (Wildman–Crippen LogP) is 1.22. The Morgan fingerprint density at radius 3 is 1.91 bits per heavy atom. The van der Waals surface area contributed by atoms with Crippen molar-refractivity contribution in [3.63, 3.8) is 0 Å². The molecule has 0 aliphatic rings. The number of benzene rings is 2. The maximum atomic E-state index is 12.4. The summed E-state index contributed by atoms with van der Waals surface area (Å²) in [7, 11) is -9.35. The van der Waals surface area contributed by atoms with Crippen molar-refractivity contribution in [2.24, 2.45) is 0 Å². The highest BCUT2D eigenvalue weighted by molar-refractivity contribution is 7.86. The summed E-state index contributed by atoms with van der Waals surface area (Å²) in [6, 6.07) is 6.66. The molecule has 0 N–H and O–H groups in total. The van der Waals surface area contributed by atoms with Gasteiger partial charge in [-0.15, -0.1) is 11.3 Å². The fourth-order valence-electron chi connectivity index (χ4n) is 2.12. The van der Waals surface area contributed by atoms with Crippen LogP contribution in [0.3, 0.4) is 0 Å². The molecule has 0 saturated carbocycles. The molecule has 0 bridgehead atoms. The molecule has 1 heterocycles. The molecule has 0 unspecified atom stereocenters. The van der Waals surface area contributed by atoms with Crippen molar-refractivity contribution in [2.75, 3.05) is 0 Å². The molecule has 0 aliphatic heterocycles. The van der Waals surface area contributed by atoms with E-state index < -0.39 is 35.5 Å². The van der Waals surface area contributed by atoms with E-state index in [1.54, 1.807) is 0 Å². The summed E-state index contributed by atoms with van der Waals surface area (Å²) in [5.41, 5.74) is -0.547. The van der Waals surface area contributed by atoms with E-state index in [-0.39, 0.29) is 15.5 Å². The minimum atomic E-state index is -4.70. The molecule has 0 aliphatic carbocycles. The van der Waals surface area contributed by atoms with E-state index in [1.165, 1.54) is 12.1 Å². The Labute approximate surface area is 134 Å². The van der Waals surface area contributed by atoms with Gasteiger partial charge in [0.1, 0.15) is 20.2 Å². The second kappa shape index (κ2) is 5.08. The SMILES string of the molecule is O=c1c2ccc(S(=O)(=O)[O-])cc2sc2ccc(S(=O)(=O)[O-])cc12. The molecule has 1 aromatic heterocycles. The lowest BCUT2D eigenvalue weighted by Gasteiger charge is -2.10. The quantitative estimate of drug-likeness (QED) is 0.489. The molecule has 120 valence electrons. The van der Waals surface area contributed by atoms with Crippen molar-refractivity contribution in [3.05, 3.63) is 46.6 Å². The largest absolute Gasteiger partial charge is 0.744 e. The van der Waals surface area contributed by atoms with Crippen LogP contribution in [0.15, 0.2) is 51.0 Å². The highest BCUT2D eigenvalue weighted by Gasteiger charge is 2.11. The van der Waals surface area contributed by atoms with Gasteiger partial charge in [0, 0.05) is 20.2 Å².